The van der Waals surface area contributed by atoms with Crippen LogP contribution in [0.4, 0.5) is 4.39 Å². The van der Waals surface area contributed by atoms with E-state index in [1.807, 2.05) is 13.8 Å². The Bertz CT molecular complexity index is 620. The van der Waals surface area contributed by atoms with Gasteiger partial charge in [0.25, 0.3) is 5.91 Å². The largest absolute Gasteiger partial charge is 0.467 e. The number of halogens is 2. The Balaban J connectivity index is 2.60. The summed E-state index contributed by atoms with van der Waals surface area (Å²) in [4.78, 5) is 35.2. The van der Waals surface area contributed by atoms with Crippen LogP contribution in [0.25, 0.3) is 0 Å². The molecule has 1 aromatic rings. The van der Waals surface area contributed by atoms with Crippen LogP contribution in [0, 0.1) is 11.7 Å². The topological polar surface area (TPSA) is 81.7 Å². The minimum absolute atomic E-state index is 0.147. The minimum atomic E-state index is -0.964. The number of benzene rings is 1. The zero-order valence-electron chi connectivity index (χ0n) is 13.6. The van der Waals surface area contributed by atoms with E-state index in [0.29, 0.717) is 10.9 Å². The first-order chi connectivity index (χ1) is 11.2. The van der Waals surface area contributed by atoms with E-state index in [1.165, 1.54) is 19.2 Å². The highest BCUT2D eigenvalue weighted by Gasteiger charge is 2.23. The molecule has 6 nitrogen and oxygen atoms in total. The van der Waals surface area contributed by atoms with Gasteiger partial charge in [0.15, 0.2) is 6.61 Å². The third kappa shape index (κ3) is 6.27. The van der Waals surface area contributed by atoms with E-state index in [0.717, 1.165) is 6.07 Å². The molecule has 0 spiro atoms. The molecule has 0 unspecified atom stereocenters. The van der Waals surface area contributed by atoms with Gasteiger partial charge in [0, 0.05) is 4.47 Å². The molecule has 0 aliphatic carbocycles. The predicted molar refractivity (Wildman–Crippen MR) is 87.8 cm³/mol. The fraction of sp³-hybridized carbons (Fsp3) is 0.438. The number of amides is 1. The van der Waals surface area contributed by atoms with E-state index in [2.05, 4.69) is 26.0 Å². The predicted octanol–water partition coefficient (Wildman–Crippen LogP) is 2.45. The maximum atomic E-state index is 13.6. The average molecular weight is 404 g/mol. The number of hydrogen-bond donors (Lipinski definition) is 1. The monoisotopic (exact) mass is 403 g/mol. The molecular weight excluding hydrogens is 385 g/mol. The summed E-state index contributed by atoms with van der Waals surface area (Å²) in [6.45, 7) is 3.15. The van der Waals surface area contributed by atoms with Gasteiger partial charge < -0.3 is 14.8 Å². The van der Waals surface area contributed by atoms with Crippen LogP contribution in [0.1, 0.15) is 30.6 Å². The normalized spacial score (nSPS) is 11.8. The summed E-state index contributed by atoms with van der Waals surface area (Å²) in [6, 6.07) is 3.02. The van der Waals surface area contributed by atoms with Crippen molar-refractivity contribution >= 4 is 33.8 Å². The molecule has 1 aromatic carbocycles. The Morgan fingerprint density at radius 1 is 1.29 bits per heavy atom. The lowest BCUT2D eigenvalue weighted by atomic mass is 10.0. The average Bonchev–Trinajstić information content (AvgIpc) is 2.50. The van der Waals surface area contributed by atoms with Gasteiger partial charge in [0.1, 0.15) is 11.9 Å². The van der Waals surface area contributed by atoms with Gasteiger partial charge in [0.05, 0.1) is 12.7 Å². The maximum Gasteiger partial charge on any atom is 0.341 e. The summed E-state index contributed by atoms with van der Waals surface area (Å²) in [7, 11) is 1.22. The minimum Gasteiger partial charge on any atom is -0.467 e. The molecule has 0 radical (unpaired) electrons. The van der Waals surface area contributed by atoms with Crippen molar-refractivity contribution in [2.75, 3.05) is 13.7 Å². The van der Waals surface area contributed by atoms with Crippen molar-refractivity contribution in [3.8, 4) is 0 Å². The zero-order chi connectivity index (χ0) is 18.3. The highest BCUT2D eigenvalue weighted by molar-refractivity contribution is 9.10. The third-order valence-electron chi connectivity index (χ3n) is 3.01. The number of carbonyl (C=O) groups excluding carboxylic acids is 3. The van der Waals surface area contributed by atoms with Crippen molar-refractivity contribution in [2.24, 2.45) is 5.92 Å². The Morgan fingerprint density at radius 3 is 2.50 bits per heavy atom. The lowest BCUT2D eigenvalue weighted by molar-refractivity contribution is -0.145. The summed E-state index contributed by atoms with van der Waals surface area (Å²) in [5.74, 6) is -2.83. The number of nitrogens with one attached hydrogen (secondary N) is 1. The molecule has 24 heavy (non-hydrogen) atoms. The van der Waals surface area contributed by atoms with Crippen LogP contribution in [-0.2, 0) is 19.1 Å². The van der Waals surface area contributed by atoms with Crippen LogP contribution in [-0.4, -0.2) is 37.6 Å². The molecule has 1 N–H and O–H groups in total. The third-order valence-corrected chi connectivity index (χ3v) is 3.51. The second-order valence-electron chi connectivity index (χ2n) is 5.47. The number of carbonyl (C=O) groups is 3. The second kappa shape index (κ2) is 9.36. The summed E-state index contributed by atoms with van der Waals surface area (Å²) in [5, 5.41) is 2.44. The van der Waals surface area contributed by atoms with Crippen molar-refractivity contribution < 1.29 is 28.2 Å². The summed E-state index contributed by atoms with van der Waals surface area (Å²) < 4.78 is 23.5. The van der Waals surface area contributed by atoms with Crippen LogP contribution < -0.4 is 5.32 Å². The van der Waals surface area contributed by atoms with Crippen LogP contribution >= 0.6 is 15.9 Å². The Morgan fingerprint density at radius 2 is 1.96 bits per heavy atom. The molecule has 0 saturated carbocycles. The molecule has 1 atom stereocenters. The second-order valence-corrected chi connectivity index (χ2v) is 6.39. The quantitative estimate of drug-likeness (QED) is 0.707. The summed E-state index contributed by atoms with van der Waals surface area (Å²) >= 11 is 3.07. The molecular formula is C16H19BrFNO5. The number of methoxy groups -OCH3 is 1. The van der Waals surface area contributed by atoms with Gasteiger partial charge in [-0.2, -0.15) is 0 Å². The molecule has 0 fully saturated rings. The SMILES string of the molecule is COC(=O)[C@@H](CC(C)C)NC(=O)COC(=O)c1ccc(Br)cc1F. The number of rotatable bonds is 7. The fourth-order valence-electron chi connectivity index (χ4n) is 1.93. The van der Waals surface area contributed by atoms with Crippen LogP contribution in [0.5, 0.6) is 0 Å². The van der Waals surface area contributed by atoms with E-state index >= 15 is 0 Å². The summed E-state index contributed by atoms with van der Waals surface area (Å²) in [5.41, 5.74) is -0.280. The molecule has 1 rings (SSSR count). The van der Waals surface area contributed by atoms with Crippen molar-refractivity contribution in [3.05, 3.63) is 34.1 Å². The molecule has 0 bridgehead atoms. The zero-order valence-corrected chi connectivity index (χ0v) is 15.2. The first-order valence-corrected chi connectivity index (χ1v) is 8.03. The number of ether oxygens (including phenoxy) is 2. The molecule has 8 heteroatoms. The van der Waals surface area contributed by atoms with E-state index in [1.54, 1.807) is 0 Å². The fourth-order valence-corrected chi connectivity index (χ4v) is 2.26. The van der Waals surface area contributed by atoms with Gasteiger partial charge in [-0.3, -0.25) is 4.79 Å². The highest BCUT2D eigenvalue weighted by Crippen LogP contribution is 2.16. The molecule has 0 heterocycles. The van der Waals surface area contributed by atoms with Gasteiger partial charge in [0.2, 0.25) is 0 Å². The smallest absolute Gasteiger partial charge is 0.341 e. The first-order valence-electron chi connectivity index (χ1n) is 7.24. The lowest BCUT2D eigenvalue weighted by Gasteiger charge is -2.18. The first kappa shape index (κ1) is 20.1. The van der Waals surface area contributed by atoms with E-state index < -0.39 is 36.3 Å². The van der Waals surface area contributed by atoms with Gasteiger partial charge in [-0.05, 0) is 30.5 Å². The van der Waals surface area contributed by atoms with E-state index in [4.69, 9.17) is 4.74 Å². The van der Waals surface area contributed by atoms with Crippen LogP contribution in [0.2, 0.25) is 0 Å². The maximum absolute atomic E-state index is 13.6. The molecule has 0 aliphatic rings. The van der Waals surface area contributed by atoms with E-state index in [9.17, 15) is 18.8 Å². The van der Waals surface area contributed by atoms with Gasteiger partial charge in [-0.25, -0.2) is 14.0 Å². The Hall–Kier alpha value is -1.96. The van der Waals surface area contributed by atoms with Crippen LogP contribution in [0.15, 0.2) is 22.7 Å². The van der Waals surface area contributed by atoms with Gasteiger partial charge in [-0.1, -0.05) is 29.8 Å². The van der Waals surface area contributed by atoms with Crippen molar-refractivity contribution in [3.63, 3.8) is 0 Å². The number of esters is 2. The lowest BCUT2D eigenvalue weighted by Crippen LogP contribution is -2.44. The van der Waals surface area contributed by atoms with Crippen molar-refractivity contribution in [1.29, 1.82) is 0 Å². The number of hydrogen-bond acceptors (Lipinski definition) is 5. The Labute approximate surface area is 147 Å². The van der Waals surface area contributed by atoms with Gasteiger partial charge >= 0.3 is 11.9 Å². The summed E-state index contributed by atoms with van der Waals surface area (Å²) in [6.07, 6.45) is 0.383. The molecule has 0 aromatic heterocycles. The molecule has 0 saturated heterocycles. The molecule has 132 valence electrons. The Kier molecular flexibility index (Phi) is 7.84. The van der Waals surface area contributed by atoms with E-state index in [-0.39, 0.29) is 11.5 Å². The highest BCUT2D eigenvalue weighted by atomic mass is 79.9. The van der Waals surface area contributed by atoms with Crippen LogP contribution in [0.3, 0.4) is 0 Å². The van der Waals surface area contributed by atoms with Crippen molar-refractivity contribution in [2.45, 2.75) is 26.3 Å². The van der Waals surface area contributed by atoms with Gasteiger partial charge in [-0.15, -0.1) is 0 Å². The van der Waals surface area contributed by atoms with Crippen molar-refractivity contribution in [1.82, 2.24) is 5.32 Å². The standard InChI is InChI=1S/C16H19BrFNO5/c1-9(2)6-13(16(22)23-3)19-14(20)8-24-15(21)11-5-4-10(17)7-12(11)18/h4-5,7,9,13H,6,8H2,1-3H3,(H,19,20)/t13-/m1/s1. The molecule has 1 amide bonds. The molecule has 0 aliphatic heterocycles.